The largest absolute Gasteiger partial charge is 0.404 e. The molecule has 0 radical (unpaired) electrons. The SMILES string of the molecule is CN=C(CC1CC1)/C(=C\N)c1nc(C)ncc1Cl. The molecule has 0 unspecified atom stereocenters. The smallest absolute Gasteiger partial charge is 0.126 e. The number of nitrogens with zero attached hydrogens (tertiary/aromatic N) is 3. The normalized spacial score (nSPS) is 17.1. The first-order valence-corrected chi connectivity index (χ1v) is 6.41. The summed E-state index contributed by atoms with van der Waals surface area (Å²) in [7, 11) is 1.78. The van der Waals surface area contributed by atoms with Crippen LogP contribution in [0.3, 0.4) is 0 Å². The maximum atomic E-state index is 6.15. The van der Waals surface area contributed by atoms with Crippen LogP contribution in [0.25, 0.3) is 5.57 Å². The quantitative estimate of drug-likeness (QED) is 0.850. The average molecular weight is 265 g/mol. The molecule has 0 spiro atoms. The van der Waals surface area contributed by atoms with E-state index in [4.69, 9.17) is 17.3 Å². The van der Waals surface area contributed by atoms with E-state index in [9.17, 15) is 0 Å². The molecule has 0 amide bonds. The van der Waals surface area contributed by atoms with Gasteiger partial charge in [0.15, 0.2) is 0 Å². The molecule has 5 heteroatoms. The van der Waals surface area contributed by atoms with Gasteiger partial charge in [-0.25, -0.2) is 9.97 Å². The molecular weight excluding hydrogens is 248 g/mol. The Bertz CT molecular complexity index is 504. The zero-order chi connectivity index (χ0) is 13.1. The second-order valence-corrected chi connectivity index (χ2v) is 4.92. The third-order valence-electron chi connectivity index (χ3n) is 3.05. The lowest BCUT2D eigenvalue weighted by atomic mass is 10.0. The molecule has 1 aliphatic carbocycles. The standard InChI is InChI=1S/C13H17ClN4/c1-8-17-7-11(14)13(18-8)10(6-15)12(16-2)5-9-3-4-9/h6-7,9H,3-5,15H2,1-2H3/b10-6+,16-12?. The molecule has 96 valence electrons. The van der Waals surface area contributed by atoms with E-state index in [2.05, 4.69) is 15.0 Å². The molecule has 0 saturated heterocycles. The number of halogens is 1. The van der Waals surface area contributed by atoms with Gasteiger partial charge in [0.1, 0.15) is 5.82 Å². The molecule has 0 aromatic carbocycles. The summed E-state index contributed by atoms with van der Waals surface area (Å²) in [5.41, 5.74) is 8.20. The molecule has 1 saturated carbocycles. The van der Waals surface area contributed by atoms with E-state index in [1.807, 2.05) is 6.92 Å². The first kappa shape index (κ1) is 13.0. The maximum absolute atomic E-state index is 6.15. The van der Waals surface area contributed by atoms with Gasteiger partial charge in [-0.05, 0) is 32.1 Å². The zero-order valence-corrected chi connectivity index (χ0v) is 11.4. The second-order valence-electron chi connectivity index (χ2n) is 4.51. The molecule has 2 rings (SSSR count). The van der Waals surface area contributed by atoms with Crippen LogP contribution in [0, 0.1) is 12.8 Å². The lowest BCUT2D eigenvalue weighted by Crippen LogP contribution is -2.09. The van der Waals surface area contributed by atoms with Crippen molar-refractivity contribution in [3.63, 3.8) is 0 Å². The number of nitrogens with two attached hydrogens (primary N) is 1. The van der Waals surface area contributed by atoms with E-state index in [0.717, 1.165) is 23.6 Å². The minimum atomic E-state index is 0.509. The highest BCUT2D eigenvalue weighted by Gasteiger charge is 2.25. The van der Waals surface area contributed by atoms with Crippen LogP contribution in [-0.2, 0) is 0 Å². The highest BCUT2D eigenvalue weighted by atomic mass is 35.5. The van der Waals surface area contributed by atoms with Crippen molar-refractivity contribution in [3.8, 4) is 0 Å². The minimum absolute atomic E-state index is 0.509. The Morgan fingerprint density at radius 3 is 2.89 bits per heavy atom. The van der Waals surface area contributed by atoms with E-state index in [-0.39, 0.29) is 0 Å². The Morgan fingerprint density at radius 2 is 2.33 bits per heavy atom. The van der Waals surface area contributed by atoms with Crippen molar-refractivity contribution >= 4 is 22.9 Å². The summed E-state index contributed by atoms with van der Waals surface area (Å²) >= 11 is 6.15. The molecular formula is C13H17ClN4. The van der Waals surface area contributed by atoms with E-state index in [1.165, 1.54) is 12.8 Å². The fourth-order valence-electron chi connectivity index (χ4n) is 1.87. The van der Waals surface area contributed by atoms with Crippen molar-refractivity contribution in [1.82, 2.24) is 9.97 Å². The van der Waals surface area contributed by atoms with Gasteiger partial charge in [0, 0.05) is 30.7 Å². The van der Waals surface area contributed by atoms with Crippen LogP contribution in [0.5, 0.6) is 0 Å². The Balaban J connectivity index is 2.34. The summed E-state index contributed by atoms with van der Waals surface area (Å²) < 4.78 is 0. The van der Waals surface area contributed by atoms with Crippen LogP contribution >= 0.6 is 11.6 Å². The fourth-order valence-corrected chi connectivity index (χ4v) is 2.07. The molecule has 1 aromatic rings. The molecule has 0 atom stereocenters. The van der Waals surface area contributed by atoms with Gasteiger partial charge in [0.2, 0.25) is 0 Å². The maximum Gasteiger partial charge on any atom is 0.126 e. The monoisotopic (exact) mass is 264 g/mol. The Hall–Kier alpha value is -1.42. The van der Waals surface area contributed by atoms with Crippen molar-refractivity contribution in [3.05, 3.63) is 28.9 Å². The molecule has 1 aliphatic rings. The van der Waals surface area contributed by atoms with Crippen molar-refractivity contribution < 1.29 is 0 Å². The summed E-state index contributed by atoms with van der Waals surface area (Å²) in [5.74, 6) is 1.41. The van der Waals surface area contributed by atoms with E-state index < -0.39 is 0 Å². The molecule has 1 aromatic heterocycles. The van der Waals surface area contributed by atoms with Crippen LogP contribution in [0.2, 0.25) is 5.02 Å². The lowest BCUT2D eigenvalue weighted by Gasteiger charge is -2.11. The van der Waals surface area contributed by atoms with Gasteiger partial charge in [-0.2, -0.15) is 0 Å². The zero-order valence-electron chi connectivity index (χ0n) is 10.7. The number of rotatable bonds is 4. The van der Waals surface area contributed by atoms with Crippen LogP contribution in [-0.4, -0.2) is 22.7 Å². The van der Waals surface area contributed by atoms with Gasteiger partial charge in [0.05, 0.1) is 10.7 Å². The van der Waals surface area contributed by atoms with E-state index in [1.54, 1.807) is 19.4 Å². The number of allylic oxidation sites excluding steroid dienone is 1. The summed E-state index contributed by atoms with van der Waals surface area (Å²) in [6.07, 6.45) is 6.63. The average Bonchev–Trinajstić information content (AvgIpc) is 3.17. The Kier molecular flexibility index (Phi) is 3.97. The topological polar surface area (TPSA) is 64.2 Å². The number of aromatic nitrogens is 2. The summed E-state index contributed by atoms with van der Waals surface area (Å²) in [6.45, 7) is 1.83. The highest BCUT2D eigenvalue weighted by molar-refractivity contribution is 6.35. The van der Waals surface area contributed by atoms with Gasteiger partial charge in [-0.3, -0.25) is 4.99 Å². The molecule has 18 heavy (non-hydrogen) atoms. The Labute approximate surface area is 112 Å². The van der Waals surface area contributed by atoms with Crippen molar-refractivity contribution in [2.75, 3.05) is 7.05 Å². The van der Waals surface area contributed by atoms with Crippen molar-refractivity contribution in [1.29, 1.82) is 0 Å². The summed E-state index contributed by atoms with van der Waals surface area (Å²) in [5, 5.41) is 0.509. The predicted molar refractivity (Wildman–Crippen MR) is 74.6 cm³/mol. The van der Waals surface area contributed by atoms with Gasteiger partial charge < -0.3 is 5.73 Å². The highest BCUT2D eigenvalue weighted by Crippen LogP contribution is 2.35. The van der Waals surface area contributed by atoms with Gasteiger partial charge in [0.25, 0.3) is 0 Å². The lowest BCUT2D eigenvalue weighted by molar-refractivity contribution is 0.895. The number of aryl methyl sites for hydroxylation is 1. The number of aliphatic imine (C=N–C) groups is 1. The molecule has 0 aliphatic heterocycles. The van der Waals surface area contributed by atoms with Crippen molar-refractivity contribution in [2.24, 2.45) is 16.6 Å². The number of hydrogen-bond acceptors (Lipinski definition) is 4. The summed E-state index contributed by atoms with van der Waals surface area (Å²) in [6, 6.07) is 0. The molecule has 1 heterocycles. The van der Waals surface area contributed by atoms with Crippen LogP contribution in [0.1, 0.15) is 30.8 Å². The Morgan fingerprint density at radius 1 is 1.61 bits per heavy atom. The minimum Gasteiger partial charge on any atom is -0.404 e. The third kappa shape index (κ3) is 2.88. The first-order chi connectivity index (χ1) is 8.65. The molecule has 0 bridgehead atoms. The second kappa shape index (κ2) is 5.48. The third-order valence-corrected chi connectivity index (χ3v) is 3.32. The summed E-state index contributed by atoms with van der Waals surface area (Å²) in [4.78, 5) is 12.8. The predicted octanol–water partition coefficient (Wildman–Crippen LogP) is 2.61. The van der Waals surface area contributed by atoms with E-state index in [0.29, 0.717) is 16.5 Å². The van der Waals surface area contributed by atoms with Crippen molar-refractivity contribution in [2.45, 2.75) is 26.2 Å². The van der Waals surface area contributed by atoms with Gasteiger partial charge in [-0.1, -0.05) is 11.6 Å². The van der Waals surface area contributed by atoms with E-state index >= 15 is 0 Å². The first-order valence-electron chi connectivity index (χ1n) is 6.03. The van der Waals surface area contributed by atoms with Crippen LogP contribution in [0.4, 0.5) is 0 Å². The van der Waals surface area contributed by atoms with Gasteiger partial charge >= 0.3 is 0 Å². The van der Waals surface area contributed by atoms with Gasteiger partial charge in [-0.15, -0.1) is 0 Å². The van der Waals surface area contributed by atoms with Crippen LogP contribution in [0.15, 0.2) is 17.4 Å². The molecule has 1 fully saturated rings. The molecule has 2 N–H and O–H groups in total. The molecule has 4 nitrogen and oxygen atoms in total. The van der Waals surface area contributed by atoms with Crippen LogP contribution < -0.4 is 5.73 Å². The number of hydrogen-bond donors (Lipinski definition) is 1. The fraction of sp³-hybridized carbons (Fsp3) is 0.462.